The van der Waals surface area contributed by atoms with Crippen molar-refractivity contribution < 1.29 is 9.18 Å². The zero-order chi connectivity index (χ0) is 10.6. The summed E-state index contributed by atoms with van der Waals surface area (Å²) in [4.78, 5) is 11.3. The van der Waals surface area contributed by atoms with E-state index >= 15 is 0 Å². The van der Waals surface area contributed by atoms with Crippen molar-refractivity contribution >= 4 is 29.1 Å². The first-order chi connectivity index (χ1) is 6.63. The SMILES string of the molecule is CSCC(=O)Cc1cc(F)ccc1Cl. The molecule has 0 saturated carbocycles. The molecular formula is C10H10ClFOS. The van der Waals surface area contributed by atoms with Gasteiger partial charge in [0.25, 0.3) is 0 Å². The van der Waals surface area contributed by atoms with Gasteiger partial charge in [0.1, 0.15) is 11.6 Å². The topological polar surface area (TPSA) is 17.1 Å². The highest BCUT2D eigenvalue weighted by Gasteiger charge is 2.07. The number of hydrogen-bond donors (Lipinski definition) is 0. The summed E-state index contributed by atoms with van der Waals surface area (Å²) in [5.74, 6) is 0.138. The van der Waals surface area contributed by atoms with Crippen LogP contribution in [-0.2, 0) is 11.2 Å². The number of ketones is 1. The van der Waals surface area contributed by atoms with Gasteiger partial charge in [-0.3, -0.25) is 4.79 Å². The summed E-state index contributed by atoms with van der Waals surface area (Å²) in [6.07, 6.45) is 2.06. The van der Waals surface area contributed by atoms with E-state index in [4.69, 9.17) is 11.6 Å². The molecule has 1 aromatic carbocycles. The number of benzene rings is 1. The van der Waals surface area contributed by atoms with Gasteiger partial charge >= 0.3 is 0 Å². The second-order valence-electron chi connectivity index (χ2n) is 2.88. The molecule has 0 atom stereocenters. The van der Waals surface area contributed by atoms with Crippen molar-refractivity contribution in [1.82, 2.24) is 0 Å². The Bertz CT molecular complexity index is 341. The molecule has 0 bridgehead atoms. The van der Waals surface area contributed by atoms with E-state index in [-0.39, 0.29) is 18.0 Å². The van der Waals surface area contributed by atoms with Crippen molar-refractivity contribution in [3.05, 3.63) is 34.6 Å². The first-order valence-corrected chi connectivity index (χ1v) is 5.85. The highest BCUT2D eigenvalue weighted by Crippen LogP contribution is 2.18. The Morgan fingerprint density at radius 2 is 2.29 bits per heavy atom. The van der Waals surface area contributed by atoms with Gasteiger partial charge < -0.3 is 0 Å². The van der Waals surface area contributed by atoms with Crippen LogP contribution in [-0.4, -0.2) is 17.8 Å². The van der Waals surface area contributed by atoms with Crippen LogP contribution in [0.15, 0.2) is 18.2 Å². The standard InChI is InChI=1S/C10H10ClFOS/c1-14-6-9(13)5-7-4-8(12)2-3-10(7)11/h2-4H,5-6H2,1H3. The van der Waals surface area contributed by atoms with Crippen LogP contribution in [0.2, 0.25) is 5.02 Å². The lowest BCUT2D eigenvalue weighted by Crippen LogP contribution is -2.06. The maximum absolute atomic E-state index is 12.8. The summed E-state index contributed by atoms with van der Waals surface area (Å²) in [6, 6.07) is 4.06. The average molecular weight is 233 g/mol. The van der Waals surface area contributed by atoms with Gasteiger partial charge in [-0.25, -0.2) is 4.39 Å². The molecule has 0 fully saturated rings. The summed E-state index contributed by atoms with van der Waals surface area (Å²) in [5, 5.41) is 0.445. The number of rotatable bonds is 4. The van der Waals surface area contributed by atoms with E-state index < -0.39 is 0 Å². The zero-order valence-electron chi connectivity index (χ0n) is 7.72. The van der Waals surface area contributed by atoms with E-state index in [2.05, 4.69) is 0 Å². The Kier molecular flexibility index (Phi) is 4.42. The van der Waals surface area contributed by atoms with Gasteiger partial charge in [0.2, 0.25) is 0 Å². The number of Topliss-reactive ketones (excluding diaryl/α,β-unsaturated/α-hetero) is 1. The van der Waals surface area contributed by atoms with E-state index in [0.717, 1.165) is 0 Å². The summed E-state index contributed by atoms with van der Waals surface area (Å²) in [5.41, 5.74) is 0.561. The first kappa shape index (κ1) is 11.5. The molecule has 0 spiro atoms. The Morgan fingerprint density at radius 1 is 1.57 bits per heavy atom. The van der Waals surface area contributed by atoms with E-state index in [1.54, 1.807) is 0 Å². The fraction of sp³-hybridized carbons (Fsp3) is 0.300. The van der Waals surface area contributed by atoms with Crippen LogP contribution >= 0.6 is 23.4 Å². The molecule has 76 valence electrons. The van der Waals surface area contributed by atoms with E-state index in [1.165, 1.54) is 30.0 Å². The van der Waals surface area contributed by atoms with Crippen LogP contribution in [0.1, 0.15) is 5.56 Å². The van der Waals surface area contributed by atoms with E-state index in [1.807, 2.05) is 6.26 Å². The summed E-state index contributed by atoms with van der Waals surface area (Å²) >= 11 is 7.27. The molecular weight excluding hydrogens is 223 g/mol. The third-order valence-corrected chi connectivity index (χ3v) is 2.68. The van der Waals surface area contributed by atoms with Crippen LogP contribution in [0, 0.1) is 5.82 Å². The molecule has 0 aliphatic heterocycles. The van der Waals surface area contributed by atoms with Crippen molar-refractivity contribution in [2.75, 3.05) is 12.0 Å². The monoisotopic (exact) mass is 232 g/mol. The average Bonchev–Trinajstić information content (AvgIpc) is 2.12. The minimum absolute atomic E-state index is 0.0602. The van der Waals surface area contributed by atoms with Crippen LogP contribution < -0.4 is 0 Å². The van der Waals surface area contributed by atoms with Gasteiger partial charge in [-0.15, -0.1) is 0 Å². The van der Waals surface area contributed by atoms with Crippen molar-refractivity contribution in [1.29, 1.82) is 0 Å². The van der Waals surface area contributed by atoms with Gasteiger partial charge in [0.05, 0.1) is 5.75 Å². The van der Waals surface area contributed by atoms with E-state index in [0.29, 0.717) is 16.3 Å². The number of carbonyl (C=O) groups excluding carboxylic acids is 1. The summed E-state index contributed by atoms with van der Waals surface area (Å²) in [6.45, 7) is 0. The molecule has 0 N–H and O–H groups in total. The fourth-order valence-electron chi connectivity index (χ4n) is 1.10. The van der Waals surface area contributed by atoms with Crippen molar-refractivity contribution in [2.24, 2.45) is 0 Å². The molecule has 1 rings (SSSR count). The molecule has 0 amide bonds. The fourth-order valence-corrected chi connectivity index (χ4v) is 1.71. The first-order valence-electron chi connectivity index (χ1n) is 4.08. The Labute approximate surface area is 91.6 Å². The second kappa shape index (κ2) is 5.37. The molecule has 0 aromatic heterocycles. The van der Waals surface area contributed by atoms with Crippen LogP contribution in [0.3, 0.4) is 0 Å². The third-order valence-electron chi connectivity index (χ3n) is 1.70. The quantitative estimate of drug-likeness (QED) is 0.794. The smallest absolute Gasteiger partial charge is 0.147 e. The van der Waals surface area contributed by atoms with Gasteiger partial charge in [-0.2, -0.15) is 11.8 Å². The number of thioether (sulfide) groups is 1. The van der Waals surface area contributed by atoms with E-state index in [9.17, 15) is 9.18 Å². The zero-order valence-corrected chi connectivity index (χ0v) is 9.29. The molecule has 4 heteroatoms. The highest BCUT2D eigenvalue weighted by molar-refractivity contribution is 7.99. The van der Waals surface area contributed by atoms with Crippen LogP contribution in [0.5, 0.6) is 0 Å². The molecule has 0 heterocycles. The maximum atomic E-state index is 12.8. The third kappa shape index (κ3) is 3.31. The molecule has 1 aromatic rings. The van der Waals surface area contributed by atoms with Crippen molar-refractivity contribution in [2.45, 2.75) is 6.42 Å². The van der Waals surface area contributed by atoms with Crippen molar-refractivity contribution in [3.8, 4) is 0 Å². The van der Waals surface area contributed by atoms with Crippen LogP contribution in [0.4, 0.5) is 4.39 Å². The van der Waals surface area contributed by atoms with Crippen LogP contribution in [0.25, 0.3) is 0 Å². The predicted molar refractivity (Wildman–Crippen MR) is 58.5 cm³/mol. The van der Waals surface area contributed by atoms with Gasteiger partial charge in [0.15, 0.2) is 0 Å². The lowest BCUT2D eigenvalue weighted by molar-refractivity contribution is -0.115. The largest absolute Gasteiger partial charge is 0.298 e. The minimum Gasteiger partial charge on any atom is -0.298 e. The summed E-state index contributed by atoms with van der Waals surface area (Å²) in [7, 11) is 0. The number of halogens is 2. The predicted octanol–water partition coefficient (Wildman–Crippen LogP) is 2.95. The van der Waals surface area contributed by atoms with Crippen molar-refractivity contribution in [3.63, 3.8) is 0 Å². The number of hydrogen-bond acceptors (Lipinski definition) is 2. The molecule has 0 unspecified atom stereocenters. The molecule has 0 aliphatic carbocycles. The Balaban J connectivity index is 2.75. The molecule has 0 radical (unpaired) electrons. The number of carbonyl (C=O) groups is 1. The molecule has 0 aliphatic rings. The van der Waals surface area contributed by atoms with Gasteiger partial charge in [-0.1, -0.05) is 11.6 Å². The lowest BCUT2D eigenvalue weighted by atomic mass is 10.1. The lowest BCUT2D eigenvalue weighted by Gasteiger charge is -2.02. The highest BCUT2D eigenvalue weighted by atomic mass is 35.5. The van der Waals surface area contributed by atoms with Gasteiger partial charge in [0, 0.05) is 11.4 Å². The minimum atomic E-state index is -0.360. The molecule has 1 nitrogen and oxygen atoms in total. The maximum Gasteiger partial charge on any atom is 0.147 e. The second-order valence-corrected chi connectivity index (χ2v) is 4.16. The normalized spacial score (nSPS) is 10.2. The van der Waals surface area contributed by atoms with Gasteiger partial charge in [-0.05, 0) is 30.0 Å². The Morgan fingerprint density at radius 3 is 2.93 bits per heavy atom. The molecule has 0 saturated heterocycles. The summed E-state index contributed by atoms with van der Waals surface area (Å²) < 4.78 is 12.8. The molecule has 14 heavy (non-hydrogen) atoms. The Hall–Kier alpha value is -0.540.